The molecule has 8 heteroatoms. The number of rotatable bonds is 6. The summed E-state index contributed by atoms with van der Waals surface area (Å²) < 4.78 is 2.12. The number of amides is 1. The Morgan fingerprint density at radius 3 is 2.68 bits per heavy atom. The first-order chi connectivity index (χ1) is 18.7. The van der Waals surface area contributed by atoms with Crippen molar-refractivity contribution in [1.82, 2.24) is 24.6 Å². The molecular weight excluding hydrogens is 474 g/mol. The first kappa shape index (κ1) is 24.3. The summed E-state index contributed by atoms with van der Waals surface area (Å²) in [4.78, 5) is 25.4. The number of carbonyl (C=O) groups is 1. The Bertz CT molecular complexity index is 1430. The Labute approximate surface area is 223 Å². The summed E-state index contributed by atoms with van der Waals surface area (Å²) in [5, 5.41) is 11.9. The van der Waals surface area contributed by atoms with E-state index in [9.17, 15) is 4.79 Å². The van der Waals surface area contributed by atoms with Gasteiger partial charge in [-0.15, -0.1) is 10.2 Å². The monoisotopic (exact) mass is 507 g/mol. The lowest BCUT2D eigenvalue weighted by atomic mass is 10.0. The molecule has 1 N–H and O–H groups in total. The van der Waals surface area contributed by atoms with Crippen molar-refractivity contribution in [1.29, 1.82) is 0 Å². The number of allylic oxidation sites excluding steroid dienone is 2. The van der Waals surface area contributed by atoms with Gasteiger partial charge in [0, 0.05) is 23.4 Å². The highest BCUT2D eigenvalue weighted by Crippen LogP contribution is 2.42. The van der Waals surface area contributed by atoms with E-state index in [1.165, 1.54) is 18.4 Å². The molecule has 194 valence electrons. The van der Waals surface area contributed by atoms with E-state index >= 15 is 0 Å². The minimum Gasteiger partial charge on any atom is -0.342 e. The molecule has 2 aromatic heterocycles. The van der Waals surface area contributed by atoms with Gasteiger partial charge in [0.15, 0.2) is 11.7 Å². The average molecular weight is 508 g/mol. The summed E-state index contributed by atoms with van der Waals surface area (Å²) in [6.45, 7) is 4.38. The number of hydrogen-bond acceptors (Lipinski definition) is 6. The number of benzene rings is 1. The highest BCUT2D eigenvalue weighted by molar-refractivity contribution is 6.20. The zero-order chi connectivity index (χ0) is 26.1. The Balaban J connectivity index is 1.48. The van der Waals surface area contributed by atoms with Gasteiger partial charge in [0.05, 0.1) is 29.3 Å². The first-order valence-electron chi connectivity index (χ1n) is 13.7. The molecule has 6 rings (SSSR count). The van der Waals surface area contributed by atoms with E-state index in [0.29, 0.717) is 17.3 Å². The van der Waals surface area contributed by atoms with Crippen LogP contribution in [0.3, 0.4) is 0 Å². The van der Waals surface area contributed by atoms with Crippen molar-refractivity contribution in [3.05, 3.63) is 83.7 Å². The molecule has 0 radical (unpaired) electrons. The van der Waals surface area contributed by atoms with Crippen LogP contribution < -0.4 is 5.32 Å². The van der Waals surface area contributed by atoms with Gasteiger partial charge >= 0.3 is 0 Å². The highest BCUT2D eigenvalue weighted by atomic mass is 16.1. The van der Waals surface area contributed by atoms with Crippen LogP contribution in [0.2, 0.25) is 0 Å². The number of aromatic nitrogens is 4. The van der Waals surface area contributed by atoms with E-state index < -0.39 is 0 Å². The lowest BCUT2D eigenvalue weighted by molar-refractivity contribution is 0.102. The number of pyridine rings is 1. The van der Waals surface area contributed by atoms with Crippen molar-refractivity contribution >= 4 is 28.8 Å². The molecule has 2 aliphatic heterocycles. The number of nitrogens with zero attached hydrogens (tertiary/aromatic N) is 6. The molecule has 38 heavy (non-hydrogen) atoms. The average Bonchev–Trinajstić information content (AvgIpc) is 3.63. The second-order valence-electron chi connectivity index (χ2n) is 10.1. The molecule has 1 unspecified atom stereocenters. The van der Waals surface area contributed by atoms with Crippen LogP contribution >= 0.6 is 0 Å². The van der Waals surface area contributed by atoms with Crippen LogP contribution in [0.25, 0.3) is 11.4 Å². The molecule has 1 aliphatic carbocycles. The van der Waals surface area contributed by atoms with Crippen molar-refractivity contribution < 1.29 is 4.79 Å². The smallest absolute Gasteiger partial charge is 0.255 e. The van der Waals surface area contributed by atoms with Crippen molar-refractivity contribution in [3.63, 3.8) is 0 Å². The molecule has 3 aromatic rings. The van der Waals surface area contributed by atoms with Gasteiger partial charge in [-0.05, 0) is 55.9 Å². The number of amidine groups is 1. The van der Waals surface area contributed by atoms with Crippen LogP contribution in [0.15, 0.2) is 71.8 Å². The van der Waals surface area contributed by atoms with E-state index in [1.54, 1.807) is 12.4 Å². The molecule has 1 amide bonds. The number of anilines is 1. The summed E-state index contributed by atoms with van der Waals surface area (Å²) in [7, 11) is 0. The van der Waals surface area contributed by atoms with E-state index in [0.717, 1.165) is 60.7 Å². The van der Waals surface area contributed by atoms with E-state index in [4.69, 9.17) is 4.99 Å². The van der Waals surface area contributed by atoms with Crippen LogP contribution in [0.1, 0.15) is 86.6 Å². The molecule has 1 atom stereocenters. The molecular formula is C30H33N7O. The third-order valence-corrected chi connectivity index (χ3v) is 7.93. The van der Waals surface area contributed by atoms with E-state index in [2.05, 4.69) is 49.9 Å². The third kappa shape index (κ3) is 4.23. The predicted molar refractivity (Wildman–Crippen MR) is 149 cm³/mol. The van der Waals surface area contributed by atoms with Crippen molar-refractivity contribution in [3.8, 4) is 0 Å². The van der Waals surface area contributed by atoms with E-state index in [-0.39, 0.29) is 11.9 Å². The van der Waals surface area contributed by atoms with Crippen molar-refractivity contribution in [2.24, 2.45) is 4.99 Å². The van der Waals surface area contributed by atoms with Crippen molar-refractivity contribution in [2.45, 2.75) is 70.9 Å². The molecule has 0 spiro atoms. The first-order valence-corrected chi connectivity index (χ1v) is 13.7. The molecule has 1 saturated carbocycles. The molecule has 1 aromatic carbocycles. The summed E-state index contributed by atoms with van der Waals surface area (Å²) in [6, 6.07) is 11.8. The predicted octanol–water partition coefficient (Wildman–Crippen LogP) is 6.10. The summed E-state index contributed by atoms with van der Waals surface area (Å²) >= 11 is 0. The van der Waals surface area contributed by atoms with Crippen LogP contribution in [0.5, 0.6) is 0 Å². The maximum absolute atomic E-state index is 13.1. The molecule has 1 fully saturated rings. The van der Waals surface area contributed by atoms with Crippen molar-refractivity contribution in [2.75, 3.05) is 5.32 Å². The molecule has 0 saturated heterocycles. The zero-order valence-corrected chi connectivity index (χ0v) is 22.0. The number of nitrogens with one attached hydrogen (secondary N) is 1. The van der Waals surface area contributed by atoms with Gasteiger partial charge in [-0.3, -0.25) is 14.3 Å². The minimum absolute atomic E-state index is 0.121. The van der Waals surface area contributed by atoms with Crippen LogP contribution in [-0.4, -0.2) is 42.4 Å². The molecule has 0 bridgehead atoms. The number of carbonyl (C=O) groups excluding carboxylic acids is 1. The Morgan fingerprint density at radius 1 is 1.11 bits per heavy atom. The van der Waals surface area contributed by atoms with Crippen LogP contribution in [-0.2, 0) is 0 Å². The fourth-order valence-corrected chi connectivity index (χ4v) is 6.01. The zero-order valence-electron chi connectivity index (χ0n) is 22.0. The van der Waals surface area contributed by atoms with Gasteiger partial charge in [0.1, 0.15) is 6.33 Å². The van der Waals surface area contributed by atoms with Gasteiger partial charge in [-0.2, -0.15) is 0 Å². The Kier molecular flexibility index (Phi) is 6.62. The van der Waals surface area contributed by atoms with Crippen LogP contribution in [0, 0.1) is 0 Å². The maximum atomic E-state index is 13.1. The minimum atomic E-state index is -0.163. The molecule has 3 aliphatic rings. The molecule has 8 nitrogen and oxygen atoms in total. The lowest BCUT2D eigenvalue weighted by Gasteiger charge is -2.42. The largest absolute Gasteiger partial charge is 0.342 e. The van der Waals surface area contributed by atoms with Gasteiger partial charge in [0.25, 0.3) is 5.91 Å². The quantitative estimate of drug-likeness (QED) is 0.436. The normalized spacial score (nSPS) is 19.4. The lowest BCUT2D eigenvalue weighted by Crippen LogP contribution is -2.47. The van der Waals surface area contributed by atoms with Gasteiger partial charge in [-0.25, -0.2) is 4.99 Å². The van der Waals surface area contributed by atoms with Gasteiger partial charge in [0.2, 0.25) is 0 Å². The summed E-state index contributed by atoms with van der Waals surface area (Å²) in [6.07, 6.45) is 14.9. The molecule has 4 heterocycles. The second-order valence-corrected chi connectivity index (χ2v) is 10.1. The summed E-state index contributed by atoms with van der Waals surface area (Å²) in [5.74, 6) is 1.81. The summed E-state index contributed by atoms with van der Waals surface area (Å²) in [5.41, 5.74) is 5.33. The Hall–Kier alpha value is -4.07. The fourth-order valence-electron chi connectivity index (χ4n) is 6.01. The SMILES string of the molecule is CCC1=C(c2ccncc2NC(=O)c2ccccc2)N=C2C(=CC1)n1cnnc1C(CC)N2C1CCCC1. The fraction of sp³-hybridized carbons (Fsp3) is 0.367. The van der Waals surface area contributed by atoms with Crippen LogP contribution in [0.4, 0.5) is 5.69 Å². The third-order valence-electron chi connectivity index (χ3n) is 7.93. The number of aliphatic imine (C=N–C) groups is 1. The number of hydrogen-bond donors (Lipinski definition) is 1. The topological polar surface area (TPSA) is 88.3 Å². The van der Waals surface area contributed by atoms with E-state index in [1.807, 2.05) is 42.7 Å². The maximum Gasteiger partial charge on any atom is 0.255 e. The second kappa shape index (κ2) is 10.4. The van der Waals surface area contributed by atoms with Gasteiger partial charge in [-0.1, -0.05) is 51.0 Å². The van der Waals surface area contributed by atoms with Gasteiger partial charge < -0.3 is 10.2 Å². The standard InChI is InChI=1S/C30H33N7O/c1-3-20-14-15-26-28(37(22-12-8-9-13-22)25(4-2)29-35-32-19-36(26)29)34-27(20)23-16-17-31-18-24(23)33-30(38)21-10-6-5-7-11-21/h5-7,10-11,15-19,22,25H,3-4,8-9,12-14H2,1-2H3,(H,33,38). The number of fused-ring (bicyclic) bond motifs is 3. The highest BCUT2D eigenvalue weighted by Gasteiger charge is 2.40. The Morgan fingerprint density at radius 2 is 1.92 bits per heavy atom.